The summed E-state index contributed by atoms with van der Waals surface area (Å²) in [6.45, 7) is 0.799. The number of nitrogens with zero attached hydrogens (tertiary/aromatic N) is 2. The quantitative estimate of drug-likeness (QED) is 0.542. The number of amides is 1. The Kier molecular flexibility index (Phi) is 5.16. The number of likely N-dealkylation sites (tertiary alicyclic amines) is 1. The van der Waals surface area contributed by atoms with Crippen molar-refractivity contribution in [3.05, 3.63) is 63.1 Å². The molecule has 0 spiro atoms. The van der Waals surface area contributed by atoms with Crippen molar-refractivity contribution in [2.45, 2.75) is 31.7 Å². The third-order valence-electron chi connectivity index (χ3n) is 4.79. The summed E-state index contributed by atoms with van der Waals surface area (Å²) in [6, 6.07) is 13.7. The fraction of sp³-hybridized carbons (Fsp3) is 0.300. The molecule has 0 radical (unpaired) electrons. The van der Waals surface area contributed by atoms with Crippen molar-refractivity contribution in [1.82, 2.24) is 9.88 Å². The monoisotopic (exact) mass is 404 g/mol. The lowest BCUT2D eigenvalue weighted by molar-refractivity contribution is -0.132. The number of hydrogen-bond donors (Lipinski definition) is 0. The summed E-state index contributed by atoms with van der Waals surface area (Å²) in [5.74, 6) is 0.165. The molecule has 3 nitrogen and oxygen atoms in total. The SMILES string of the molecule is O=C(CCc1ccc(Cl)cc1Cl)N1CCCC1c1nc2ccccc2s1. The molecule has 1 aliphatic rings. The molecule has 1 atom stereocenters. The first-order chi connectivity index (χ1) is 12.6. The van der Waals surface area contributed by atoms with E-state index >= 15 is 0 Å². The molecule has 0 saturated carbocycles. The van der Waals surface area contributed by atoms with Gasteiger partial charge in [0, 0.05) is 23.0 Å². The zero-order chi connectivity index (χ0) is 18.1. The summed E-state index contributed by atoms with van der Waals surface area (Å²) in [6.07, 6.45) is 3.07. The summed E-state index contributed by atoms with van der Waals surface area (Å²) in [4.78, 5) is 19.6. The number of carbonyl (C=O) groups excluding carboxylic acids is 1. The first-order valence-electron chi connectivity index (χ1n) is 8.70. The maximum Gasteiger partial charge on any atom is 0.223 e. The highest BCUT2D eigenvalue weighted by molar-refractivity contribution is 7.18. The van der Waals surface area contributed by atoms with Crippen LogP contribution >= 0.6 is 34.5 Å². The molecule has 4 rings (SSSR count). The van der Waals surface area contributed by atoms with E-state index in [4.69, 9.17) is 28.2 Å². The number of fused-ring (bicyclic) bond motifs is 1. The molecule has 1 aliphatic heterocycles. The molecule has 2 aromatic carbocycles. The van der Waals surface area contributed by atoms with Gasteiger partial charge in [0.2, 0.25) is 5.91 Å². The summed E-state index contributed by atoms with van der Waals surface area (Å²) in [5.41, 5.74) is 1.97. The predicted octanol–water partition coefficient (Wildman–Crippen LogP) is 5.90. The van der Waals surface area contributed by atoms with Gasteiger partial charge in [0.15, 0.2) is 0 Å². The number of carbonyl (C=O) groups is 1. The van der Waals surface area contributed by atoms with Crippen molar-refractivity contribution < 1.29 is 4.79 Å². The van der Waals surface area contributed by atoms with E-state index in [0.29, 0.717) is 22.9 Å². The van der Waals surface area contributed by atoms with Crippen LogP contribution in [0.4, 0.5) is 0 Å². The Morgan fingerprint density at radius 3 is 2.88 bits per heavy atom. The summed E-state index contributed by atoms with van der Waals surface area (Å²) in [5, 5.41) is 2.27. The van der Waals surface area contributed by atoms with Gasteiger partial charge in [0.05, 0.1) is 16.3 Å². The van der Waals surface area contributed by atoms with Gasteiger partial charge in [0.25, 0.3) is 0 Å². The van der Waals surface area contributed by atoms with E-state index in [1.54, 1.807) is 17.4 Å². The smallest absolute Gasteiger partial charge is 0.223 e. The number of para-hydroxylation sites is 1. The normalized spacial score (nSPS) is 17.2. The molecule has 1 aromatic heterocycles. The Labute approximate surface area is 166 Å². The number of hydrogen-bond acceptors (Lipinski definition) is 3. The largest absolute Gasteiger partial charge is 0.333 e. The van der Waals surface area contributed by atoms with E-state index in [0.717, 1.165) is 35.5 Å². The predicted molar refractivity (Wildman–Crippen MR) is 108 cm³/mol. The van der Waals surface area contributed by atoms with Crippen molar-refractivity contribution in [1.29, 1.82) is 0 Å². The van der Waals surface area contributed by atoms with Crippen LogP contribution in [0, 0.1) is 0 Å². The van der Waals surface area contributed by atoms with Crippen molar-refractivity contribution in [2.24, 2.45) is 0 Å². The molecule has 0 bridgehead atoms. The van der Waals surface area contributed by atoms with Crippen molar-refractivity contribution in [3.63, 3.8) is 0 Å². The van der Waals surface area contributed by atoms with Gasteiger partial charge in [-0.05, 0) is 49.1 Å². The van der Waals surface area contributed by atoms with Gasteiger partial charge >= 0.3 is 0 Å². The second-order valence-corrected chi connectivity index (χ2v) is 8.41. The average molecular weight is 405 g/mol. The number of aryl methyl sites for hydroxylation is 1. The Morgan fingerprint density at radius 1 is 1.23 bits per heavy atom. The Hall–Kier alpha value is -1.62. The van der Waals surface area contributed by atoms with Gasteiger partial charge in [-0.2, -0.15) is 0 Å². The Balaban J connectivity index is 1.48. The molecule has 2 heterocycles. The van der Waals surface area contributed by atoms with E-state index in [-0.39, 0.29) is 11.9 Å². The molecule has 26 heavy (non-hydrogen) atoms. The van der Waals surface area contributed by atoms with Gasteiger partial charge in [-0.15, -0.1) is 11.3 Å². The molecular formula is C20H18Cl2N2OS. The van der Waals surface area contributed by atoms with E-state index in [9.17, 15) is 4.79 Å². The molecule has 0 aliphatic carbocycles. The molecule has 3 aromatic rings. The maximum atomic E-state index is 12.8. The molecular weight excluding hydrogens is 387 g/mol. The van der Waals surface area contributed by atoms with Crippen LogP contribution in [0.2, 0.25) is 10.0 Å². The van der Waals surface area contributed by atoms with Crippen molar-refractivity contribution >= 4 is 50.7 Å². The number of rotatable bonds is 4. The highest BCUT2D eigenvalue weighted by Gasteiger charge is 2.31. The number of benzene rings is 2. The Morgan fingerprint density at radius 2 is 2.08 bits per heavy atom. The van der Waals surface area contributed by atoms with Crippen LogP contribution in [0.5, 0.6) is 0 Å². The van der Waals surface area contributed by atoms with Crippen molar-refractivity contribution in [3.8, 4) is 0 Å². The molecule has 1 fully saturated rings. The van der Waals surface area contributed by atoms with Gasteiger partial charge in [-0.1, -0.05) is 41.4 Å². The van der Waals surface area contributed by atoms with Gasteiger partial charge < -0.3 is 4.90 Å². The standard InChI is InChI=1S/C20H18Cl2N2OS/c21-14-9-7-13(15(22)12-14)8-10-19(25)24-11-3-5-17(24)20-23-16-4-1-2-6-18(16)26-20/h1-2,4,6-7,9,12,17H,3,5,8,10-11H2. The minimum atomic E-state index is 0.0978. The molecule has 0 N–H and O–H groups in total. The highest BCUT2D eigenvalue weighted by atomic mass is 35.5. The first kappa shape index (κ1) is 17.8. The third-order valence-corrected chi connectivity index (χ3v) is 6.52. The van der Waals surface area contributed by atoms with E-state index in [1.165, 1.54) is 4.70 Å². The van der Waals surface area contributed by atoms with E-state index in [1.807, 2.05) is 35.2 Å². The summed E-state index contributed by atoms with van der Waals surface area (Å²) >= 11 is 13.9. The van der Waals surface area contributed by atoms with Gasteiger partial charge in [-0.25, -0.2) is 4.98 Å². The van der Waals surface area contributed by atoms with E-state index in [2.05, 4.69) is 6.07 Å². The van der Waals surface area contributed by atoms with Crippen LogP contribution in [0.25, 0.3) is 10.2 Å². The van der Waals surface area contributed by atoms with Crippen LogP contribution in [0.1, 0.15) is 35.9 Å². The molecule has 1 saturated heterocycles. The van der Waals surface area contributed by atoms with Crippen LogP contribution < -0.4 is 0 Å². The zero-order valence-electron chi connectivity index (χ0n) is 14.1. The summed E-state index contributed by atoms with van der Waals surface area (Å²) < 4.78 is 1.18. The maximum absolute atomic E-state index is 12.8. The lowest BCUT2D eigenvalue weighted by atomic mass is 10.1. The number of aromatic nitrogens is 1. The molecule has 1 amide bonds. The fourth-order valence-corrected chi connectivity index (χ4v) is 5.08. The second kappa shape index (κ2) is 7.55. The fourth-order valence-electron chi connectivity index (χ4n) is 3.46. The molecule has 1 unspecified atom stereocenters. The van der Waals surface area contributed by atoms with Crippen LogP contribution in [-0.4, -0.2) is 22.3 Å². The van der Waals surface area contributed by atoms with Crippen LogP contribution in [0.3, 0.4) is 0 Å². The molecule has 6 heteroatoms. The summed E-state index contributed by atoms with van der Waals surface area (Å²) in [7, 11) is 0. The first-order valence-corrected chi connectivity index (χ1v) is 10.3. The highest BCUT2D eigenvalue weighted by Crippen LogP contribution is 2.37. The lowest BCUT2D eigenvalue weighted by Gasteiger charge is -2.23. The average Bonchev–Trinajstić information content (AvgIpc) is 3.27. The Bertz CT molecular complexity index is 923. The molecule has 134 valence electrons. The van der Waals surface area contributed by atoms with Crippen LogP contribution in [0.15, 0.2) is 42.5 Å². The van der Waals surface area contributed by atoms with Crippen molar-refractivity contribution in [2.75, 3.05) is 6.54 Å². The third kappa shape index (κ3) is 3.59. The number of halogens is 2. The van der Waals surface area contributed by atoms with Gasteiger partial charge in [-0.3, -0.25) is 4.79 Å². The van der Waals surface area contributed by atoms with Gasteiger partial charge in [0.1, 0.15) is 5.01 Å². The second-order valence-electron chi connectivity index (χ2n) is 6.50. The number of thiazole rings is 1. The van der Waals surface area contributed by atoms with E-state index < -0.39 is 0 Å². The van der Waals surface area contributed by atoms with Crippen LogP contribution in [-0.2, 0) is 11.2 Å². The minimum absolute atomic E-state index is 0.0978. The lowest BCUT2D eigenvalue weighted by Crippen LogP contribution is -2.30. The minimum Gasteiger partial charge on any atom is -0.333 e. The topological polar surface area (TPSA) is 33.2 Å². The zero-order valence-corrected chi connectivity index (χ0v) is 16.4.